The third kappa shape index (κ3) is 6.05. The van der Waals surface area contributed by atoms with Gasteiger partial charge in [-0.05, 0) is 18.6 Å². The summed E-state index contributed by atoms with van der Waals surface area (Å²) in [5.41, 5.74) is 0.304. The zero-order valence-electron chi connectivity index (χ0n) is 9.91. The summed E-state index contributed by atoms with van der Waals surface area (Å²) < 4.78 is 49.3. The molecule has 17 heavy (non-hydrogen) atoms. The highest BCUT2D eigenvalue weighted by Crippen LogP contribution is 2.27. The number of alkyl halides is 4. The summed E-state index contributed by atoms with van der Waals surface area (Å²) >= 11 is 3.16. The molecule has 0 radical (unpaired) electrons. The fourth-order valence-corrected chi connectivity index (χ4v) is 1.61. The predicted molar refractivity (Wildman–Crippen MR) is 64.8 cm³/mol. The number of halogens is 5. The maximum atomic E-state index is 13.3. The Labute approximate surface area is 107 Å². The standard InChI is InChI=1S/C10H9BrF4.C2H6/c1-6(11)8-3-2-7(4-9(8)12)5-10(13,14)15;1-2/h2-4,6H,5H2,1H3;1-2H3. The summed E-state index contributed by atoms with van der Waals surface area (Å²) in [6.07, 6.45) is -5.39. The zero-order chi connectivity index (χ0) is 13.6. The lowest BCUT2D eigenvalue weighted by molar-refractivity contribution is -0.127. The summed E-state index contributed by atoms with van der Waals surface area (Å²) in [5, 5.41) is 0. The number of hydrogen-bond acceptors (Lipinski definition) is 0. The van der Waals surface area contributed by atoms with Gasteiger partial charge in [-0.25, -0.2) is 4.39 Å². The molecule has 0 aliphatic carbocycles. The van der Waals surface area contributed by atoms with Gasteiger partial charge in [-0.1, -0.05) is 41.9 Å². The lowest BCUT2D eigenvalue weighted by Crippen LogP contribution is -2.11. The topological polar surface area (TPSA) is 0 Å². The Morgan fingerprint density at radius 3 is 2.12 bits per heavy atom. The maximum Gasteiger partial charge on any atom is 0.393 e. The van der Waals surface area contributed by atoms with Crippen molar-refractivity contribution in [3.05, 3.63) is 35.1 Å². The largest absolute Gasteiger partial charge is 0.393 e. The molecule has 1 aromatic rings. The summed E-state index contributed by atoms with van der Waals surface area (Å²) in [5.74, 6) is -0.610. The van der Waals surface area contributed by atoms with Crippen LogP contribution in [0.25, 0.3) is 0 Å². The SMILES string of the molecule is CC.CC(Br)c1ccc(CC(F)(F)F)cc1F. The molecule has 0 aliphatic heterocycles. The van der Waals surface area contributed by atoms with Gasteiger partial charge in [-0.3, -0.25) is 0 Å². The van der Waals surface area contributed by atoms with Gasteiger partial charge in [-0.15, -0.1) is 0 Å². The van der Waals surface area contributed by atoms with E-state index >= 15 is 0 Å². The first kappa shape index (κ1) is 16.4. The first-order valence-electron chi connectivity index (χ1n) is 5.29. The Morgan fingerprint density at radius 1 is 1.24 bits per heavy atom. The van der Waals surface area contributed by atoms with Gasteiger partial charge in [0.25, 0.3) is 0 Å². The molecule has 0 aliphatic rings. The van der Waals surface area contributed by atoms with Crippen LogP contribution in [-0.2, 0) is 6.42 Å². The van der Waals surface area contributed by atoms with Crippen LogP contribution in [0.15, 0.2) is 18.2 Å². The Bertz CT molecular complexity index is 345. The molecular weight excluding hydrogens is 300 g/mol. The molecule has 0 nitrogen and oxygen atoms in total. The van der Waals surface area contributed by atoms with Crippen LogP contribution < -0.4 is 0 Å². The van der Waals surface area contributed by atoms with Crippen molar-refractivity contribution in [3.8, 4) is 0 Å². The molecule has 0 heterocycles. The van der Waals surface area contributed by atoms with E-state index in [9.17, 15) is 17.6 Å². The Balaban J connectivity index is 0.00000121. The van der Waals surface area contributed by atoms with Crippen LogP contribution in [0.2, 0.25) is 0 Å². The second-order valence-electron chi connectivity index (χ2n) is 3.26. The molecule has 1 unspecified atom stereocenters. The van der Waals surface area contributed by atoms with Gasteiger partial charge < -0.3 is 0 Å². The normalized spacial score (nSPS) is 12.7. The molecule has 0 saturated heterocycles. The lowest BCUT2D eigenvalue weighted by atomic mass is 10.1. The maximum absolute atomic E-state index is 13.3. The third-order valence-electron chi connectivity index (χ3n) is 1.90. The monoisotopic (exact) mass is 314 g/mol. The minimum absolute atomic E-state index is 0.0584. The van der Waals surface area contributed by atoms with Crippen LogP contribution in [0.3, 0.4) is 0 Å². The van der Waals surface area contributed by atoms with Crippen molar-refractivity contribution in [2.45, 2.75) is 38.2 Å². The molecule has 0 saturated carbocycles. The average Bonchev–Trinajstić information content (AvgIpc) is 2.17. The van der Waals surface area contributed by atoms with Crippen molar-refractivity contribution in [2.75, 3.05) is 0 Å². The predicted octanol–water partition coefficient (Wildman–Crippen LogP) is 5.41. The van der Waals surface area contributed by atoms with E-state index in [-0.39, 0.29) is 10.4 Å². The molecule has 98 valence electrons. The molecule has 0 aromatic heterocycles. The van der Waals surface area contributed by atoms with E-state index in [1.165, 1.54) is 12.1 Å². The van der Waals surface area contributed by atoms with Gasteiger partial charge in [0, 0.05) is 10.4 Å². The summed E-state index contributed by atoms with van der Waals surface area (Å²) in [4.78, 5) is -0.211. The number of benzene rings is 1. The first-order chi connectivity index (χ1) is 7.79. The summed E-state index contributed by atoms with van der Waals surface area (Å²) in [6.45, 7) is 5.71. The van der Waals surface area contributed by atoms with Crippen LogP contribution in [0.5, 0.6) is 0 Å². The van der Waals surface area contributed by atoms with Gasteiger partial charge in [0.1, 0.15) is 5.82 Å². The Kier molecular flexibility index (Phi) is 6.75. The summed E-state index contributed by atoms with van der Waals surface area (Å²) in [7, 11) is 0. The van der Waals surface area contributed by atoms with Crippen molar-refractivity contribution in [1.82, 2.24) is 0 Å². The second-order valence-corrected chi connectivity index (χ2v) is 4.64. The van der Waals surface area contributed by atoms with E-state index in [4.69, 9.17) is 0 Å². The van der Waals surface area contributed by atoms with Gasteiger partial charge in [0.05, 0.1) is 6.42 Å². The first-order valence-corrected chi connectivity index (χ1v) is 6.20. The Hall–Kier alpha value is -0.580. The summed E-state index contributed by atoms with van der Waals surface area (Å²) in [6, 6.07) is 3.60. The Morgan fingerprint density at radius 2 is 1.76 bits per heavy atom. The van der Waals surface area contributed by atoms with Gasteiger partial charge in [-0.2, -0.15) is 13.2 Å². The molecule has 0 fully saturated rings. The lowest BCUT2D eigenvalue weighted by Gasteiger charge is -2.09. The molecule has 0 bridgehead atoms. The van der Waals surface area contributed by atoms with E-state index in [1.54, 1.807) is 6.92 Å². The van der Waals surface area contributed by atoms with Crippen molar-refractivity contribution < 1.29 is 17.6 Å². The highest BCUT2D eigenvalue weighted by atomic mass is 79.9. The van der Waals surface area contributed by atoms with E-state index in [0.717, 1.165) is 6.07 Å². The van der Waals surface area contributed by atoms with Crippen LogP contribution in [-0.4, -0.2) is 6.18 Å². The van der Waals surface area contributed by atoms with Crippen LogP contribution in [0.4, 0.5) is 17.6 Å². The van der Waals surface area contributed by atoms with E-state index < -0.39 is 18.4 Å². The van der Waals surface area contributed by atoms with Crippen molar-refractivity contribution in [1.29, 1.82) is 0 Å². The minimum atomic E-state index is -4.30. The van der Waals surface area contributed by atoms with Crippen LogP contribution >= 0.6 is 15.9 Å². The smallest absolute Gasteiger partial charge is 0.207 e. The molecule has 1 rings (SSSR count). The van der Waals surface area contributed by atoms with Crippen molar-refractivity contribution >= 4 is 15.9 Å². The minimum Gasteiger partial charge on any atom is -0.207 e. The van der Waals surface area contributed by atoms with Gasteiger partial charge in [0.15, 0.2) is 0 Å². The molecule has 5 heteroatoms. The molecule has 0 spiro atoms. The zero-order valence-corrected chi connectivity index (χ0v) is 11.5. The van der Waals surface area contributed by atoms with Crippen LogP contribution in [0.1, 0.15) is 36.7 Å². The highest BCUT2D eigenvalue weighted by Gasteiger charge is 2.27. The van der Waals surface area contributed by atoms with E-state index in [2.05, 4.69) is 15.9 Å². The van der Waals surface area contributed by atoms with E-state index in [0.29, 0.717) is 5.56 Å². The quantitative estimate of drug-likeness (QED) is 0.505. The number of hydrogen-bond donors (Lipinski definition) is 0. The molecule has 0 amide bonds. The molecule has 1 aromatic carbocycles. The molecular formula is C12H15BrF4. The van der Waals surface area contributed by atoms with Crippen molar-refractivity contribution in [2.24, 2.45) is 0 Å². The number of rotatable bonds is 2. The highest BCUT2D eigenvalue weighted by molar-refractivity contribution is 9.09. The second kappa shape index (κ2) is 6.99. The van der Waals surface area contributed by atoms with Crippen LogP contribution in [0, 0.1) is 5.82 Å². The van der Waals surface area contributed by atoms with Gasteiger partial charge in [0.2, 0.25) is 0 Å². The fraction of sp³-hybridized carbons (Fsp3) is 0.500. The molecule has 0 N–H and O–H groups in total. The molecule has 1 atom stereocenters. The van der Waals surface area contributed by atoms with E-state index in [1.807, 2.05) is 13.8 Å². The average molecular weight is 315 g/mol. The third-order valence-corrected chi connectivity index (χ3v) is 2.39. The van der Waals surface area contributed by atoms with Gasteiger partial charge >= 0.3 is 6.18 Å². The van der Waals surface area contributed by atoms with Crippen molar-refractivity contribution in [3.63, 3.8) is 0 Å². The fourth-order valence-electron chi connectivity index (χ4n) is 1.23.